The van der Waals surface area contributed by atoms with Crippen molar-refractivity contribution < 1.29 is 50.2 Å². The van der Waals surface area contributed by atoms with Crippen LogP contribution in [0.15, 0.2) is 42.5 Å². The first-order chi connectivity index (χ1) is 20.7. The van der Waals surface area contributed by atoms with E-state index < -0.39 is 41.3 Å². The highest BCUT2D eigenvalue weighted by Crippen LogP contribution is 2.50. The number of halogens is 7. The quantitative estimate of drug-likeness (QED) is 0.384. The summed E-state index contributed by atoms with van der Waals surface area (Å²) in [6.45, 7) is 5.14. The molecule has 3 N–H and O–H groups in total. The molecule has 0 atom stereocenters. The molecule has 44 heavy (non-hydrogen) atoms. The van der Waals surface area contributed by atoms with Gasteiger partial charge >= 0.3 is 18.4 Å². The molecule has 0 saturated carbocycles. The average molecular weight is 636 g/mol. The van der Waals surface area contributed by atoms with Crippen LogP contribution in [0.2, 0.25) is 0 Å². The highest BCUT2D eigenvalue weighted by atomic mass is 19.4. The van der Waals surface area contributed by atoms with Gasteiger partial charge in [0.2, 0.25) is 0 Å². The summed E-state index contributed by atoms with van der Waals surface area (Å²) in [6, 6.07) is 6.49. The van der Waals surface area contributed by atoms with Crippen LogP contribution in [0.25, 0.3) is 0 Å². The maximum atomic E-state index is 14.7. The van der Waals surface area contributed by atoms with E-state index in [4.69, 9.17) is 4.74 Å². The van der Waals surface area contributed by atoms with Crippen LogP contribution in [0.4, 0.5) is 41.2 Å². The van der Waals surface area contributed by atoms with Crippen LogP contribution in [-0.4, -0.2) is 110 Å². The van der Waals surface area contributed by atoms with Crippen LogP contribution in [0.1, 0.15) is 21.5 Å². The minimum Gasteiger partial charge on any atom is -0.379 e. The van der Waals surface area contributed by atoms with E-state index in [0.29, 0.717) is 57.1 Å². The number of amides is 3. The number of piperazine rings is 1. The zero-order valence-electron chi connectivity index (χ0n) is 23.5. The molecule has 2 aromatic carbocycles. The Morgan fingerprint density at radius 1 is 0.841 bits per heavy atom. The first-order valence-electron chi connectivity index (χ1n) is 13.8. The molecule has 0 unspecified atom stereocenters. The van der Waals surface area contributed by atoms with Gasteiger partial charge in [-0.05, 0) is 23.8 Å². The molecule has 0 aliphatic carbocycles. The summed E-state index contributed by atoms with van der Waals surface area (Å²) in [5, 5.41) is 14.6. The lowest BCUT2D eigenvalue weighted by Gasteiger charge is -2.35. The number of benzene rings is 2. The fourth-order valence-corrected chi connectivity index (χ4v) is 4.96. The molecule has 16 heteroatoms. The summed E-state index contributed by atoms with van der Waals surface area (Å²) >= 11 is 0. The van der Waals surface area contributed by atoms with Gasteiger partial charge in [0.25, 0.3) is 11.5 Å². The lowest BCUT2D eigenvalue weighted by atomic mass is 9.91. The number of nitrogens with one attached hydrogen (secondary N) is 2. The Labute approximate surface area is 248 Å². The highest BCUT2D eigenvalue weighted by molar-refractivity contribution is 5.95. The third kappa shape index (κ3) is 7.78. The van der Waals surface area contributed by atoms with Gasteiger partial charge in [-0.25, -0.2) is 9.18 Å². The number of aliphatic hydroxyl groups is 1. The lowest BCUT2D eigenvalue weighted by molar-refractivity contribution is -0.376. The maximum absolute atomic E-state index is 14.7. The fraction of sp³-hybridized carbons (Fsp3) is 0.500. The van der Waals surface area contributed by atoms with Crippen molar-refractivity contribution in [3.63, 3.8) is 0 Å². The van der Waals surface area contributed by atoms with E-state index in [2.05, 4.69) is 15.5 Å². The molecule has 2 heterocycles. The summed E-state index contributed by atoms with van der Waals surface area (Å²) in [5.74, 6) is -1.22. The molecule has 4 rings (SSSR count). The molecule has 2 saturated heterocycles. The van der Waals surface area contributed by atoms with Crippen molar-refractivity contribution in [3.05, 3.63) is 65.0 Å². The number of hydrogen-bond acceptors (Lipinski definition) is 6. The maximum Gasteiger partial charge on any atom is 0.430 e. The SMILES string of the molecule is O=C(NCCN1CCOCC1)Nc1ccc(C(=O)N2CCN(Cc3ccc(C(O)(C(F)(F)F)C(F)(F)F)cc3)CC2)cc1F. The van der Waals surface area contributed by atoms with E-state index in [1.54, 1.807) is 0 Å². The van der Waals surface area contributed by atoms with Gasteiger partial charge in [-0.1, -0.05) is 24.3 Å². The van der Waals surface area contributed by atoms with Gasteiger partial charge in [0.05, 0.1) is 18.9 Å². The number of alkyl halides is 6. The number of rotatable bonds is 8. The second kappa shape index (κ2) is 13.7. The summed E-state index contributed by atoms with van der Waals surface area (Å²) in [5.41, 5.74) is -5.94. The molecular formula is C28H32F7N5O4. The molecule has 9 nitrogen and oxygen atoms in total. The number of urea groups is 1. The van der Waals surface area contributed by atoms with Crippen molar-refractivity contribution in [1.29, 1.82) is 0 Å². The zero-order valence-corrected chi connectivity index (χ0v) is 23.5. The van der Waals surface area contributed by atoms with E-state index in [1.807, 2.05) is 4.90 Å². The summed E-state index contributed by atoms with van der Waals surface area (Å²) in [6.07, 6.45) is -11.9. The molecule has 2 aliphatic rings. The fourth-order valence-electron chi connectivity index (χ4n) is 4.96. The summed E-state index contributed by atoms with van der Waals surface area (Å²) < 4.78 is 98.7. The van der Waals surface area contributed by atoms with Gasteiger partial charge in [-0.2, -0.15) is 26.3 Å². The lowest BCUT2D eigenvalue weighted by Crippen LogP contribution is -2.53. The van der Waals surface area contributed by atoms with Crippen LogP contribution in [0, 0.1) is 5.82 Å². The van der Waals surface area contributed by atoms with Crippen molar-refractivity contribution >= 4 is 17.6 Å². The van der Waals surface area contributed by atoms with Crippen molar-refractivity contribution in [2.45, 2.75) is 24.5 Å². The number of morpholine rings is 1. The molecule has 0 bridgehead atoms. The first-order valence-corrected chi connectivity index (χ1v) is 13.8. The third-order valence-corrected chi connectivity index (χ3v) is 7.54. The van der Waals surface area contributed by atoms with Crippen LogP contribution in [-0.2, 0) is 16.9 Å². The van der Waals surface area contributed by atoms with Crippen LogP contribution >= 0.6 is 0 Å². The van der Waals surface area contributed by atoms with Gasteiger partial charge in [-0.3, -0.25) is 14.6 Å². The first kappa shape index (κ1) is 33.4. The van der Waals surface area contributed by atoms with Crippen LogP contribution < -0.4 is 10.6 Å². The Kier molecular flexibility index (Phi) is 10.4. The number of hydrogen-bond donors (Lipinski definition) is 3. The summed E-state index contributed by atoms with van der Waals surface area (Å²) in [7, 11) is 0. The molecule has 3 amide bonds. The third-order valence-electron chi connectivity index (χ3n) is 7.54. The summed E-state index contributed by atoms with van der Waals surface area (Å²) in [4.78, 5) is 30.6. The molecular weight excluding hydrogens is 603 g/mol. The normalized spacial score (nSPS) is 17.4. The topological polar surface area (TPSA) is 97.4 Å². The highest BCUT2D eigenvalue weighted by Gasteiger charge is 2.71. The van der Waals surface area contributed by atoms with Crippen LogP contribution in [0.3, 0.4) is 0 Å². The Morgan fingerprint density at radius 3 is 2.02 bits per heavy atom. The minimum absolute atomic E-state index is 0.0756. The van der Waals surface area contributed by atoms with Crippen molar-refractivity contribution in [1.82, 2.24) is 20.0 Å². The standard InChI is InChI=1S/C28H32F7N5O4/c29-22-17-20(3-6-23(22)37-25(42)36-7-8-38-13-15-44-16-14-38)24(41)40-11-9-39(10-12-40)18-19-1-4-21(5-2-19)26(43,27(30,31)32)28(33,34)35/h1-6,17,43H,7-16,18H2,(H2,36,37,42). The molecule has 0 aromatic heterocycles. The second-order valence-corrected chi connectivity index (χ2v) is 10.5. The van der Waals surface area contributed by atoms with E-state index in [0.717, 1.165) is 31.3 Å². The Morgan fingerprint density at radius 2 is 1.45 bits per heavy atom. The average Bonchev–Trinajstić information content (AvgIpc) is 2.97. The second-order valence-electron chi connectivity index (χ2n) is 10.5. The molecule has 242 valence electrons. The Bertz CT molecular complexity index is 1280. The van der Waals surface area contributed by atoms with E-state index in [1.165, 1.54) is 17.0 Å². The van der Waals surface area contributed by atoms with Gasteiger partial charge in [0, 0.05) is 70.0 Å². The predicted octanol–water partition coefficient (Wildman–Crippen LogP) is 3.55. The molecule has 2 fully saturated rings. The molecule has 2 aliphatic heterocycles. The predicted molar refractivity (Wildman–Crippen MR) is 144 cm³/mol. The van der Waals surface area contributed by atoms with Gasteiger partial charge in [0.1, 0.15) is 5.82 Å². The monoisotopic (exact) mass is 635 g/mol. The largest absolute Gasteiger partial charge is 0.430 e. The number of carbonyl (C=O) groups excluding carboxylic acids is 2. The molecule has 0 spiro atoms. The van der Waals surface area contributed by atoms with Crippen molar-refractivity contribution in [3.8, 4) is 0 Å². The number of ether oxygens (including phenoxy) is 1. The Hall–Kier alpha value is -3.47. The number of carbonyl (C=O) groups is 2. The van der Waals surface area contributed by atoms with E-state index in [-0.39, 0.29) is 30.9 Å². The van der Waals surface area contributed by atoms with Crippen molar-refractivity contribution in [2.24, 2.45) is 0 Å². The minimum atomic E-state index is -5.97. The van der Waals surface area contributed by atoms with Gasteiger partial charge in [0.15, 0.2) is 0 Å². The van der Waals surface area contributed by atoms with Crippen LogP contribution in [0.5, 0.6) is 0 Å². The number of anilines is 1. The van der Waals surface area contributed by atoms with Gasteiger partial charge < -0.3 is 25.4 Å². The zero-order chi connectivity index (χ0) is 32.1. The van der Waals surface area contributed by atoms with Gasteiger partial charge in [-0.15, -0.1) is 0 Å². The van der Waals surface area contributed by atoms with E-state index >= 15 is 0 Å². The smallest absolute Gasteiger partial charge is 0.379 e. The van der Waals surface area contributed by atoms with Crippen molar-refractivity contribution in [2.75, 3.05) is 70.9 Å². The van der Waals surface area contributed by atoms with E-state index in [9.17, 15) is 45.4 Å². The Balaban J connectivity index is 1.26. The number of nitrogens with zero attached hydrogens (tertiary/aromatic N) is 3. The molecule has 0 radical (unpaired) electrons. The molecule has 2 aromatic rings.